The molecule has 0 radical (unpaired) electrons. The molecule has 6 aromatic rings. The Bertz CT molecular complexity index is 2710. The van der Waals surface area contributed by atoms with Crippen molar-refractivity contribution in [3.8, 4) is 11.1 Å². The molecule has 6 amide bonds. The van der Waals surface area contributed by atoms with Crippen LogP contribution in [-0.4, -0.2) is 118 Å². The van der Waals surface area contributed by atoms with Gasteiger partial charge in [-0.1, -0.05) is 78.9 Å². The summed E-state index contributed by atoms with van der Waals surface area (Å²) in [6.07, 6.45) is 6.46. The number of nitrogens with one attached hydrogen (secondary N) is 4. The maximum atomic E-state index is 13.2. The van der Waals surface area contributed by atoms with Gasteiger partial charge in [0.15, 0.2) is 12.0 Å². The van der Waals surface area contributed by atoms with Crippen LogP contribution in [0.5, 0.6) is 0 Å². The Morgan fingerprint density at radius 3 is 2.05 bits per heavy atom. The Morgan fingerprint density at radius 1 is 0.767 bits per heavy atom. The molecule has 0 saturated carbocycles. The Morgan fingerprint density at radius 2 is 1.42 bits per heavy atom. The average molecular weight is 994 g/mol. The van der Waals surface area contributed by atoms with Gasteiger partial charge < -0.3 is 39.5 Å². The van der Waals surface area contributed by atoms with E-state index in [9.17, 15) is 33.6 Å². The van der Waals surface area contributed by atoms with Crippen LogP contribution in [0.4, 0.5) is 11.4 Å². The fraction of sp³-hybridized carbons (Fsp3) is 0.273. The highest BCUT2D eigenvalue weighted by molar-refractivity contribution is 6.06. The number of anilines is 2. The number of hydrogen-bond acceptors (Lipinski definition) is 13. The third-order valence-electron chi connectivity index (χ3n) is 11.7. The number of aromatic nitrogens is 1. The summed E-state index contributed by atoms with van der Waals surface area (Å²) in [5, 5.41) is 10.6. The van der Waals surface area contributed by atoms with Gasteiger partial charge in [-0.3, -0.25) is 48.8 Å². The SMILES string of the molecule is CN(C(=O)c1ccc(NCCOCCOCCOCCNC(=O)C(NC=O)c2ccccc2)cc1C=O)C1CCC(=O)NC1=O.C[C@@H](c1cccnc1)N(C(=O)c1ccco1)c1ccc(-c2ccccc2)cc1. The lowest BCUT2D eigenvalue weighted by molar-refractivity contribution is -0.136. The minimum Gasteiger partial charge on any atom is -0.459 e. The van der Waals surface area contributed by atoms with E-state index in [1.165, 1.54) is 24.3 Å². The number of pyridine rings is 1. The fourth-order valence-corrected chi connectivity index (χ4v) is 7.80. The normalized spacial score (nSPS) is 13.8. The number of furan rings is 1. The Kier molecular flexibility index (Phi) is 21.1. The van der Waals surface area contributed by atoms with Crippen molar-refractivity contribution in [3.05, 3.63) is 174 Å². The van der Waals surface area contributed by atoms with E-state index in [1.807, 2.05) is 67.6 Å². The zero-order valence-electron chi connectivity index (χ0n) is 40.6. The first-order valence-electron chi connectivity index (χ1n) is 23.7. The number of likely N-dealkylation sites (N-methyl/N-ethyl adjacent to an activating group) is 1. The van der Waals surface area contributed by atoms with E-state index < -0.39 is 23.9 Å². The minimum absolute atomic E-state index is 0.141. The molecular formula is C55H59N7O11. The number of rotatable bonds is 25. The Hall–Kier alpha value is -8.32. The van der Waals surface area contributed by atoms with Gasteiger partial charge in [0.05, 0.1) is 57.5 Å². The third kappa shape index (κ3) is 15.8. The molecule has 0 bridgehead atoms. The van der Waals surface area contributed by atoms with Crippen molar-refractivity contribution in [3.63, 3.8) is 0 Å². The predicted molar refractivity (Wildman–Crippen MR) is 272 cm³/mol. The molecule has 2 unspecified atom stereocenters. The summed E-state index contributed by atoms with van der Waals surface area (Å²) in [6, 6.07) is 37.3. The molecule has 73 heavy (non-hydrogen) atoms. The summed E-state index contributed by atoms with van der Waals surface area (Å²) in [7, 11) is 1.47. The molecule has 0 aliphatic carbocycles. The molecule has 0 spiro atoms. The highest BCUT2D eigenvalue weighted by atomic mass is 16.5. The number of carbonyl (C=O) groups is 7. The Labute approximate surface area is 423 Å². The molecule has 18 heteroatoms. The summed E-state index contributed by atoms with van der Waals surface area (Å²) >= 11 is 0. The van der Waals surface area contributed by atoms with E-state index in [0.29, 0.717) is 69.3 Å². The van der Waals surface area contributed by atoms with Crippen LogP contribution in [0.1, 0.15) is 74.2 Å². The zero-order chi connectivity index (χ0) is 51.8. The lowest BCUT2D eigenvalue weighted by Gasteiger charge is -2.30. The van der Waals surface area contributed by atoms with Crippen LogP contribution >= 0.6 is 0 Å². The summed E-state index contributed by atoms with van der Waals surface area (Å²) in [5.41, 5.74) is 5.64. The van der Waals surface area contributed by atoms with Crippen LogP contribution in [0.25, 0.3) is 11.1 Å². The van der Waals surface area contributed by atoms with E-state index in [2.05, 4.69) is 38.4 Å². The highest BCUT2D eigenvalue weighted by Gasteiger charge is 2.33. The van der Waals surface area contributed by atoms with Gasteiger partial charge in [0, 0.05) is 55.9 Å². The van der Waals surface area contributed by atoms with Crippen LogP contribution in [0.3, 0.4) is 0 Å². The third-order valence-corrected chi connectivity index (χ3v) is 11.7. The molecule has 1 saturated heterocycles. The molecule has 2 aromatic heterocycles. The van der Waals surface area contributed by atoms with Gasteiger partial charge in [0.2, 0.25) is 24.1 Å². The van der Waals surface area contributed by atoms with Crippen molar-refractivity contribution in [2.75, 3.05) is 70.0 Å². The number of ether oxygens (including phenoxy) is 3. The monoisotopic (exact) mass is 993 g/mol. The summed E-state index contributed by atoms with van der Waals surface area (Å²) < 4.78 is 21.8. The zero-order valence-corrected chi connectivity index (χ0v) is 40.6. The number of hydrogen-bond donors (Lipinski definition) is 4. The minimum atomic E-state index is -0.785. The number of amides is 6. The number of aldehydes is 1. The van der Waals surface area contributed by atoms with Crippen LogP contribution in [-0.2, 0) is 33.4 Å². The molecule has 1 aliphatic rings. The average Bonchev–Trinajstić information content (AvgIpc) is 3.98. The van der Waals surface area contributed by atoms with Crippen LogP contribution < -0.4 is 26.2 Å². The lowest BCUT2D eigenvalue weighted by atomic mass is 10.0. The molecule has 18 nitrogen and oxygen atoms in total. The quantitative estimate of drug-likeness (QED) is 0.0285. The van der Waals surface area contributed by atoms with Crippen molar-refractivity contribution in [1.82, 2.24) is 25.8 Å². The number of benzene rings is 4. The number of piperidine rings is 1. The maximum absolute atomic E-state index is 13.2. The molecule has 3 atom stereocenters. The summed E-state index contributed by atoms with van der Waals surface area (Å²) in [6.45, 7) is 4.80. The van der Waals surface area contributed by atoms with E-state index in [-0.39, 0.29) is 60.9 Å². The second kappa shape index (κ2) is 28.5. The highest BCUT2D eigenvalue weighted by Crippen LogP contribution is 2.31. The summed E-state index contributed by atoms with van der Waals surface area (Å²) in [4.78, 5) is 91.8. The molecular weight excluding hydrogens is 935 g/mol. The second-order valence-electron chi connectivity index (χ2n) is 16.5. The number of imide groups is 1. The number of carbonyl (C=O) groups excluding carboxylic acids is 7. The van der Waals surface area contributed by atoms with Crippen molar-refractivity contribution >= 4 is 53.6 Å². The molecule has 4 aromatic carbocycles. The fourth-order valence-electron chi connectivity index (χ4n) is 7.80. The molecule has 3 heterocycles. The van der Waals surface area contributed by atoms with Gasteiger partial charge in [0.1, 0.15) is 12.1 Å². The van der Waals surface area contributed by atoms with Crippen LogP contribution in [0.2, 0.25) is 0 Å². The first-order valence-corrected chi connectivity index (χ1v) is 23.7. The standard InChI is InChI=1S/C31H39N5O9.C24H20N2O2/c1-36(26-9-10-27(39)35-29(26)40)31(42)25-8-7-24(19-23(25)20-37)32-11-13-43-15-17-45-18-16-44-14-12-33-30(41)28(34-21-38)22-5-3-2-4-6-22;1-18(21-9-5-15-25-17-21)26(24(27)23-10-6-16-28-23)22-13-11-20(12-14-22)19-7-3-2-4-8-19/h2-8,19-21,26,28,32H,9-18H2,1H3,(H,33,41)(H,34,38)(H,35,39,40);2-18H,1H3/t;18-/m.0/s1. The van der Waals surface area contributed by atoms with Crippen molar-refractivity contribution in [1.29, 1.82) is 0 Å². The molecule has 380 valence electrons. The number of nitrogens with zero attached hydrogens (tertiary/aromatic N) is 3. The predicted octanol–water partition coefficient (Wildman–Crippen LogP) is 6.19. The van der Waals surface area contributed by atoms with E-state index >= 15 is 0 Å². The van der Waals surface area contributed by atoms with Crippen molar-refractivity contribution < 1.29 is 52.2 Å². The van der Waals surface area contributed by atoms with Gasteiger partial charge in [-0.05, 0) is 84.1 Å². The van der Waals surface area contributed by atoms with Gasteiger partial charge >= 0.3 is 0 Å². The van der Waals surface area contributed by atoms with Gasteiger partial charge in [-0.2, -0.15) is 0 Å². The smallest absolute Gasteiger partial charge is 0.294 e. The largest absolute Gasteiger partial charge is 0.459 e. The van der Waals surface area contributed by atoms with Gasteiger partial charge in [-0.25, -0.2) is 0 Å². The Balaban J connectivity index is 0.000000264. The summed E-state index contributed by atoms with van der Waals surface area (Å²) in [5.74, 6) is -1.60. The van der Waals surface area contributed by atoms with Crippen molar-refractivity contribution in [2.24, 2.45) is 0 Å². The first kappa shape index (κ1) is 54.0. The molecule has 1 aliphatic heterocycles. The van der Waals surface area contributed by atoms with Gasteiger partial charge in [-0.15, -0.1) is 0 Å². The van der Waals surface area contributed by atoms with E-state index in [0.717, 1.165) is 22.4 Å². The van der Waals surface area contributed by atoms with Crippen LogP contribution in [0, 0.1) is 0 Å². The first-order chi connectivity index (χ1) is 35.6. The maximum Gasteiger partial charge on any atom is 0.294 e. The van der Waals surface area contributed by atoms with Crippen molar-refractivity contribution in [2.45, 2.75) is 37.9 Å². The van der Waals surface area contributed by atoms with E-state index in [1.54, 1.807) is 65.8 Å². The topological polar surface area (TPSA) is 228 Å². The van der Waals surface area contributed by atoms with E-state index in [4.69, 9.17) is 18.6 Å². The lowest BCUT2D eigenvalue weighted by Crippen LogP contribution is -2.53. The van der Waals surface area contributed by atoms with Crippen LogP contribution in [0.15, 0.2) is 150 Å². The molecule has 1 fully saturated rings. The molecule has 7 rings (SSSR count). The second-order valence-corrected chi connectivity index (χ2v) is 16.5. The van der Waals surface area contributed by atoms with Gasteiger partial charge in [0.25, 0.3) is 11.8 Å². The molecule has 4 N–H and O–H groups in total.